The van der Waals surface area contributed by atoms with Crippen LogP contribution >= 0.6 is 0 Å². The number of hydrogen-bond donors (Lipinski definition) is 1. The van der Waals surface area contributed by atoms with E-state index in [-0.39, 0.29) is 5.54 Å². The van der Waals surface area contributed by atoms with Crippen molar-refractivity contribution < 1.29 is 4.79 Å². The molecule has 1 amide bonds. The van der Waals surface area contributed by atoms with Crippen LogP contribution in [0.3, 0.4) is 0 Å². The Morgan fingerprint density at radius 1 is 1.50 bits per heavy atom. The highest BCUT2D eigenvalue weighted by Crippen LogP contribution is 2.39. The van der Waals surface area contributed by atoms with Crippen molar-refractivity contribution >= 4 is 5.91 Å². The van der Waals surface area contributed by atoms with E-state index in [9.17, 15) is 4.79 Å². The lowest BCUT2D eigenvalue weighted by atomic mass is 9.67. The smallest absolute Gasteiger partial charge is 0.222 e. The quantitative estimate of drug-likeness (QED) is 0.631. The summed E-state index contributed by atoms with van der Waals surface area (Å²) in [5.41, 5.74) is 6.24. The van der Waals surface area contributed by atoms with Gasteiger partial charge in [0.05, 0.1) is 0 Å². The lowest BCUT2D eigenvalue weighted by Gasteiger charge is -2.50. The number of amides is 1. The predicted octanol–water partition coefficient (Wildman–Crippen LogP) is 1.12. The van der Waals surface area contributed by atoms with Crippen LogP contribution in [-0.4, -0.2) is 29.4 Å². The summed E-state index contributed by atoms with van der Waals surface area (Å²) in [6, 6.07) is 0.403. The fourth-order valence-electron chi connectivity index (χ4n) is 3.14. The van der Waals surface area contributed by atoms with Crippen LogP contribution in [0.25, 0.3) is 0 Å². The standard InChI is InChI=1S/C11H20N2O/c1-11(12)7-3-4-9-8(11)5-6-10(14)13(9)2/h8-9H,3-7,12H2,1-2H3. The molecule has 2 aliphatic rings. The van der Waals surface area contributed by atoms with Crippen molar-refractivity contribution in [2.24, 2.45) is 11.7 Å². The second-order valence-electron chi connectivity index (χ2n) is 5.12. The molecule has 2 N–H and O–H groups in total. The molecule has 2 rings (SSSR count). The minimum absolute atomic E-state index is 0.0577. The third-order valence-corrected chi connectivity index (χ3v) is 4.09. The lowest BCUT2D eigenvalue weighted by molar-refractivity contribution is -0.139. The van der Waals surface area contributed by atoms with Gasteiger partial charge in [-0.3, -0.25) is 4.79 Å². The second-order valence-corrected chi connectivity index (χ2v) is 5.12. The van der Waals surface area contributed by atoms with Gasteiger partial charge in [-0.1, -0.05) is 0 Å². The zero-order chi connectivity index (χ0) is 10.3. The summed E-state index contributed by atoms with van der Waals surface area (Å²) in [5, 5.41) is 0. The van der Waals surface area contributed by atoms with Gasteiger partial charge in [0.15, 0.2) is 0 Å². The molecule has 1 heterocycles. The van der Waals surface area contributed by atoms with Gasteiger partial charge in [0.2, 0.25) is 5.91 Å². The number of carbonyl (C=O) groups is 1. The van der Waals surface area contributed by atoms with Gasteiger partial charge in [-0.15, -0.1) is 0 Å². The molecule has 80 valence electrons. The summed E-state index contributed by atoms with van der Waals surface area (Å²) in [7, 11) is 1.93. The fraction of sp³-hybridized carbons (Fsp3) is 0.909. The van der Waals surface area contributed by atoms with Crippen LogP contribution in [0, 0.1) is 5.92 Å². The Kier molecular flexibility index (Phi) is 2.30. The zero-order valence-corrected chi connectivity index (χ0v) is 9.12. The number of carbonyl (C=O) groups excluding carboxylic acids is 1. The molecular formula is C11H20N2O. The number of nitrogens with two attached hydrogens (primary N) is 1. The maximum atomic E-state index is 11.5. The van der Waals surface area contributed by atoms with Crippen LogP contribution in [0.1, 0.15) is 39.0 Å². The number of likely N-dealkylation sites (tertiary alicyclic amines) is 1. The summed E-state index contributed by atoms with van der Waals surface area (Å²) in [5.74, 6) is 0.808. The van der Waals surface area contributed by atoms with E-state index in [1.807, 2.05) is 11.9 Å². The number of hydrogen-bond acceptors (Lipinski definition) is 2. The lowest BCUT2D eigenvalue weighted by Crippen LogP contribution is -2.59. The highest BCUT2D eigenvalue weighted by Gasteiger charge is 2.44. The Balaban J connectivity index is 2.20. The average Bonchev–Trinajstić information content (AvgIpc) is 2.11. The maximum Gasteiger partial charge on any atom is 0.222 e. The third kappa shape index (κ3) is 1.44. The van der Waals surface area contributed by atoms with E-state index in [1.165, 1.54) is 0 Å². The molecular weight excluding hydrogens is 176 g/mol. The summed E-state index contributed by atoms with van der Waals surface area (Å²) in [6.45, 7) is 2.15. The molecule has 0 radical (unpaired) electrons. The Morgan fingerprint density at radius 3 is 2.93 bits per heavy atom. The Hall–Kier alpha value is -0.570. The van der Waals surface area contributed by atoms with Crippen molar-refractivity contribution in [1.29, 1.82) is 0 Å². The SMILES string of the molecule is CN1C(=O)CCC2C1CCCC2(C)N. The molecule has 1 saturated carbocycles. The van der Waals surface area contributed by atoms with E-state index in [0.717, 1.165) is 25.7 Å². The monoisotopic (exact) mass is 196 g/mol. The molecule has 1 aliphatic carbocycles. The van der Waals surface area contributed by atoms with Gasteiger partial charge in [0.1, 0.15) is 0 Å². The molecule has 1 saturated heterocycles. The Bertz CT molecular complexity index is 250. The van der Waals surface area contributed by atoms with Crippen LogP contribution in [0.4, 0.5) is 0 Å². The zero-order valence-electron chi connectivity index (χ0n) is 9.12. The fourth-order valence-corrected chi connectivity index (χ4v) is 3.14. The van der Waals surface area contributed by atoms with Crippen LogP contribution in [0.15, 0.2) is 0 Å². The Labute approximate surface area is 85.6 Å². The first-order chi connectivity index (χ1) is 6.52. The minimum Gasteiger partial charge on any atom is -0.342 e. The largest absolute Gasteiger partial charge is 0.342 e. The molecule has 0 aromatic rings. The molecule has 2 fully saturated rings. The summed E-state index contributed by atoms with van der Waals surface area (Å²) >= 11 is 0. The molecule has 14 heavy (non-hydrogen) atoms. The number of nitrogens with zero attached hydrogens (tertiary/aromatic N) is 1. The first-order valence-electron chi connectivity index (χ1n) is 5.57. The molecule has 3 heteroatoms. The van der Waals surface area contributed by atoms with Crippen molar-refractivity contribution in [2.45, 2.75) is 50.6 Å². The molecule has 0 spiro atoms. The van der Waals surface area contributed by atoms with E-state index in [4.69, 9.17) is 5.73 Å². The molecule has 3 unspecified atom stereocenters. The van der Waals surface area contributed by atoms with Crippen molar-refractivity contribution in [3.8, 4) is 0 Å². The van der Waals surface area contributed by atoms with Crippen molar-refractivity contribution in [3.63, 3.8) is 0 Å². The van der Waals surface area contributed by atoms with E-state index < -0.39 is 0 Å². The molecule has 0 aromatic heterocycles. The maximum absolute atomic E-state index is 11.5. The minimum atomic E-state index is -0.0577. The van der Waals surface area contributed by atoms with Crippen molar-refractivity contribution in [3.05, 3.63) is 0 Å². The van der Waals surface area contributed by atoms with Crippen molar-refractivity contribution in [2.75, 3.05) is 7.05 Å². The first-order valence-corrected chi connectivity index (χ1v) is 5.57. The Morgan fingerprint density at radius 2 is 2.21 bits per heavy atom. The van der Waals surface area contributed by atoms with Crippen molar-refractivity contribution in [1.82, 2.24) is 4.90 Å². The van der Waals surface area contributed by atoms with Crippen LogP contribution in [-0.2, 0) is 4.79 Å². The highest BCUT2D eigenvalue weighted by molar-refractivity contribution is 5.77. The van der Waals surface area contributed by atoms with Gasteiger partial charge in [-0.05, 0) is 38.5 Å². The number of piperidine rings is 1. The second kappa shape index (κ2) is 3.23. The summed E-state index contributed by atoms with van der Waals surface area (Å²) < 4.78 is 0. The summed E-state index contributed by atoms with van der Waals surface area (Å²) in [4.78, 5) is 13.5. The topological polar surface area (TPSA) is 46.3 Å². The molecule has 1 aliphatic heterocycles. The van der Waals surface area contributed by atoms with Gasteiger partial charge in [0.25, 0.3) is 0 Å². The average molecular weight is 196 g/mol. The van der Waals surface area contributed by atoms with Crippen LogP contribution < -0.4 is 5.73 Å². The first kappa shape index (κ1) is 9.97. The van der Waals surface area contributed by atoms with E-state index in [0.29, 0.717) is 24.3 Å². The van der Waals surface area contributed by atoms with E-state index >= 15 is 0 Å². The third-order valence-electron chi connectivity index (χ3n) is 4.09. The summed E-state index contributed by atoms with van der Waals surface area (Å²) in [6.07, 6.45) is 5.08. The molecule has 3 nitrogen and oxygen atoms in total. The van der Waals surface area contributed by atoms with Crippen LogP contribution in [0.5, 0.6) is 0 Å². The predicted molar refractivity (Wildman–Crippen MR) is 55.7 cm³/mol. The van der Waals surface area contributed by atoms with Gasteiger partial charge in [-0.25, -0.2) is 0 Å². The van der Waals surface area contributed by atoms with E-state index in [1.54, 1.807) is 0 Å². The molecule has 0 aromatic carbocycles. The van der Waals surface area contributed by atoms with E-state index in [2.05, 4.69) is 6.92 Å². The molecule has 0 bridgehead atoms. The van der Waals surface area contributed by atoms with Gasteiger partial charge < -0.3 is 10.6 Å². The van der Waals surface area contributed by atoms with Gasteiger partial charge in [0, 0.05) is 25.0 Å². The van der Waals surface area contributed by atoms with Crippen LogP contribution in [0.2, 0.25) is 0 Å². The van der Waals surface area contributed by atoms with Gasteiger partial charge in [-0.2, -0.15) is 0 Å². The number of fused-ring (bicyclic) bond motifs is 1. The highest BCUT2D eigenvalue weighted by atomic mass is 16.2. The van der Waals surface area contributed by atoms with Gasteiger partial charge >= 0.3 is 0 Å². The number of rotatable bonds is 0. The molecule has 3 atom stereocenters. The normalized spacial score (nSPS) is 43.6.